The van der Waals surface area contributed by atoms with Crippen LogP contribution in [0.2, 0.25) is 0 Å². The second-order valence-corrected chi connectivity index (χ2v) is 0. The molecule has 0 aromatic carbocycles. The van der Waals surface area contributed by atoms with Crippen LogP contribution in [0.4, 0.5) is 0 Å². The van der Waals surface area contributed by atoms with Gasteiger partial charge in [0, 0.05) is 0 Å². The molecule has 0 atom stereocenters. The fraction of sp³-hybridized carbons (Fsp3) is 0. The SMILES string of the molecule is B.[AlH3].[SiH4].[SiH4]. The molecule has 0 aliphatic rings. The van der Waals surface area contributed by atoms with Crippen LogP contribution in [0, 0.1) is 0 Å². The van der Waals surface area contributed by atoms with E-state index in [0.29, 0.717) is 0 Å². The maximum Gasteiger partial charge on any atom is 0.187 e. The Hall–Kier alpha value is 1.03. The van der Waals surface area contributed by atoms with Gasteiger partial charge in [-0.15, -0.1) is 0 Å². The van der Waals surface area contributed by atoms with Crippen LogP contribution in [0.5, 0.6) is 0 Å². The zero-order chi connectivity index (χ0) is 0. The highest BCUT2D eigenvalue weighted by molar-refractivity contribution is 5.76. The van der Waals surface area contributed by atoms with Crippen molar-refractivity contribution in [3.63, 3.8) is 0 Å². The molecule has 4 heavy (non-hydrogen) atoms. The van der Waals surface area contributed by atoms with E-state index in [1.807, 2.05) is 0 Å². The summed E-state index contributed by atoms with van der Waals surface area (Å²) in [7, 11) is 0. The minimum atomic E-state index is 0. The lowest BCUT2D eigenvalue weighted by Crippen LogP contribution is -0.382. The fourth-order valence-corrected chi connectivity index (χ4v) is 0. The first-order valence-corrected chi connectivity index (χ1v) is 0. The molecule has 0 spiro atoms. The maximum absolute atomic E-state index is 0. The summed E-state index contributed by atoms with van der Waals surface area (Å²) in [6.45, 7) is 0. The molecule has 0 radical (unpaired) electrons. The molecule has 0 rings (SSSR count). The maximum atomic E-state index is 0. The molecule has 0 N–H and O–H groups in total. The molecule has 0 aliphatic carbocycles. The highest BCUT2D eigenvalue weighted by Gasteiger charge is 0.187. The second kappa shape index (κ2) is 34.8. The lowest BCUT2D eigenvalue weighted by Gasteiger charge is -0.0159. The van der Waals surface area contributed by atoms with Gasteiger partial charge < -0.3 is 0 Å². The first kappa shape index (κ1) is 76.9. The minimum Gasteiger partial charge on any atom is -0.0149 e. The van der Waals surface area contributed by atoms with Crippen molar-refractivity contribution < 1.29 is 0 Å². The molecule has 28 valence electrons. The molecule has 0 saturated carbocycles. The standard InChI is InChI=1S/Al.BH3.2H4Si.3H/h;1H3;2*1H4;;;. The molecule has 0 fully saturated rings. The van der Waals surface area contributed by atoms with Gasteiger partial charge in [-0.05, 0) is 21.9 Å². The van der Waals surface area contributed by atoms with Crippen molar-refractivity contribution in [1.82, 2.24) is 0 Å². The van der Waals surface area contributed by atoms with Crippen LogP contribution >= 0.6 is 0 Å². The molecule has 0 saturated heterocycles. The van der Waals surface area contributed by atoms with Gasteiger partial charge in [-0.3, -0.25) is 0 Å². The van der Waals surface area contributed by atoms with Gasteiger partial charge in [-0.2, -0.15) is 0 Å². The summed E-state index contributed by atoms with van der Waals surface area (Å²) >= 11 is 0. The molecule has 0 unspecified atom stereocenters. The quantitative estimate of drug-likeness (QED) is 0.272. The van der Waals surface area contributed by atoms with Crippen molar-refractivity contribution in [2.45, 2.75) is 0 Å². The van der Waals surface area contributed by atoms with Gasteiger partial charge in [-0.25, -0.2) is 0 Å². The van der Waals surface area contributed by atoms with Crippen molar-refractivity contribution >= 4 is 47.7 Å². The smallest absolute Gasteiger partial charge is 0.0149 e. The Labute approximate surface area is 48.1 Å². The Morgan fingerprint density at radius 2 is 0.750 bits per heavy atom. The van der Waals surface area contributed by atoms with E-state index in [-0.39, 0.29) is 47.7 Å². The number of rotatable bonds is 0. The molecule has 0 amide bonds. The molecular weight excluding hydrogens is 94.0 g/mol. The minimum absolute atomic E-state index is 0. The van der Waals surface area contributed by atoms with Gasteiger partial charge in [0.05, 0.1) is 8.41 Å². The first-order valence-electron chi connectivity index (χ1n) is 0. The van der Waals surface area contributed by atoms with Crippen molar-refractivity contribution in [2.75, 3.05) is 0 Å². The van der Waals surface area contributed by atoms with Crippen LogP contribution < -0.4 is 0 Å². The van der Waals surface area contributed by atoms with Crippen LogP contribution in [0.25, 0.3) is 0 Å². The summed E-state index contributed by atoms with van der Waals surface area (Å²) < 4.78 is 0. The summed E-state index contributed by atoms with van der Waals surface area (Å²) in [6, 6.07) is 0. The Balaban J connectivity index is 0. The molecular formula is H14AlBSi2. The summed E-state index contributed by atoms with van der Waals surface area (Å²) in [6.07, 6.45) is 0. The third-order valence-electron chi connectivity index (χ3n) is 0. The Bertz CT molecular complexity index is 6.00. The third kappa shape index (κ3) is 11.8. The Morgan fingerprint density at radius 1 is 0.750 bits per heavy atom. The lowest BCUT2D eigenvalue weighted by atomic mass is 10.8. The number of hydrogen-bond donors (Lipinski definition) is 0. The molecule has 0 aromatic heterocycles. The van der Waals surface area contributed by atoms with Crippen molar-refractivity contribution in [3.8, 4) is 0 Å². The van der Waals surface area contributed by atoms with Crippen LogP contribution in [0.15, 0.2) is 0 Å². The topological polar surface area (TPSA) is 0 Å². The number of hydrogen-bond acceptors (Lipinski definition) is 0. The van der Waals surface area contributed by atoms with Crippen LogP contribution in [-0.4, -0.2) is 47.7 Å². The van der Waals surface area contributed by atoms with Crippen LogP contribution in [-0.2, 0) is 0 Å². The van der Waals surface area contributed by atoms with E-state index in [1.165, 1.54) is 0 Å². The van der Waals surface area contributed by atoms with E-state index >= 15 is 0 Å². The molecule has 0 nitrogen and oxygen atoms in total. The fourth-order valence-electron chi connectivity index (χ4n) is 0. The highest BCUT2D eigenvalue weighted by atomic mass is 28.1. The van der Waals surface area contributed by atoms with Gasteiger partial charge in [0.15, 0.2) is 17.4 Å². The van der Waals surface area contributed by atoms with Gasteiger partial charge in [-0.1, -0.05) is 0 Å². The van der Waals surface area contributed by atoms with Crippen molar-refractivity contribution in [3.05, 3.63) is 0 Å². The van der Waals surface area contributed by atoms with Gasteiger partial charge >= 0.3 is 0 Å². The predicted molar refractivity (Wildman–Crippen MR) is 42.5 cm³/mol. The summed E-state index contributed by atoms with van der Waals surface area (Å²) in [5.74, 6) is 0. The van der Waals surface area contributed by atoms with E-state index in [1.54, 1.807) is 0 Å². The first-order chi connectivity index (χ1) is 0. The monoisotopic (exact) mass is 108 g/mol. The van der Waals surface area contributed by atoms with Crippen molar-refractivity contribution in [1.29, 1.82) is 0 Å². The average molecular weight is 108 g/mol. The summed E-state index contributed by atoms with van der Waals surface area (Å²) in [4.78, 5) is 0. The van der Waals surface area contributed by atoms with Crippen LogP contribution in [0.1, 0.15) is 0 Å². The molecule has 4 heteroatoms. The molecule has 0 heterocycles. The molecule has 0 aromatic rings. The highest BCUT2D eigenvalue weighted by Crippen LogP contribution is -0.378. The Morgan fingerprint density at radius 3 is 0.750 bits per heavy atom. The van der Waals surface area contributed by atoms with E-state index in [0.717, 1.165) is 0 Å². The third-order valence-corrected chi connectivity index (χ3v) is 0. The molecule has 0 aliphatic heterocycles. The summed E-state index contributed by atoms with van der Waals surface area (Å²) in [5.41, 5.74) is 0. The second-order valence-electron chi connectivity index (χ2n) is 0. The van der Waals surface area contributed by atoms with E-state index in [2.05, 4.69) is 0 Å². The van der Waals surface area contributed by atoms with E-state index in [9.17, 15) is 0 Å². The predicted octanol–water partition coefficient (Wildman–Crippen LogP) is -5.27. The van der Waals surface area contributed by atoms with Crippen molar-refractivity contribution in [2.24, 2.45) is 0 Å². The van der Waals surface area contributed by atoms with E-state index < -0.39 is 0 Å². The van der Waals surface area contributed by atoms with Crippen LogP contribution in [0.3, 0.4) is 0 Å². The normalized spacial score (nSPS) is 0. The molecule has 0 bridgehead atoms. The Kier molecular flexibility index (Phi) is 670. The van der Waals surface area contributed by atoms with Gasteiger partial charge in [0.1, 0.15) is 0 Å². The van der Waals surface area contributed by atoms with E-state index in [4.69, 9.17) is 0 Å². The zero-order valence-electron chi connectivity index (χ0n) is 0. The average Bonchev–Trinajstić information content (AvgIpc) is 0. The van der Waals surface area contributed by atoms with Gasteiger partial charge in [0.25, 0.3) is 0 Å². The lowest BCUT2D eigenvalue weighted by molar-refractivity contribution is 5.75. The summed E-state index contributed by atoms with van der Waals surface area (Å²) in [5, 5.41) is 0. The zero-order valence-corrected chi connectivity index (χ0v) is 0. The largest absolute Gasteiger partial charge is 0.187 e. The van der Waals surface area contributed by atoms with Gasteiger partial charge in [0.2, 0.25) is 0 Å².